The molecule has 0 aliphatic heterocycles. The molecule has 0 bridgehead atoms. The molecule has 1 rings (SSSR count). The van der Waals surface area contributed by atoms with Gasteiger partial charge in [-0.25, -0.2) is 0 Å². The van der Waals surface area contributed by atoms with Crippen LogP contribution in [0.1, 0.15) is 34.6 Å². The van der Waals surface area contributed by atoms with E-state index < -0.39 is 6.52 Å². The summed E-state index contributed by atoms with van der Waals surface area (Å²) in [7, 11) is 0. The molecule has 0 aromatic heterocycles. The van der Waals surface area contributed by atoms with Gasteiger partial charge in [-0.3, -0.25) is 4.99 Å². The highest BCUT2D eigenvalue weighted by molar-refractivity contribution is 5.98. The molecular weight excluding hydrogens is 170 g/mol. The monoisotopic (exact) mass is 190 g/mol. The van der Waals surface area contributed by atoms with E-state index in [9.17, 15) is 0 Å². The smallest absolute Gasteiger partial charge is 0.0520 e. The fourth-order valence-corrected chi connectivity index (χ4v) is 1.04. The molecule has 0 heterocycles. The molecule has 0 saturated carbocycles. The van der Waals surface area contributed by atoms with Crippen LogP contribution in [0.5, 0.6) is 0 Å². The number of nitrogens with zero attached hydrogens (tertiary/aromatic N) is 1. The van der Waals surface area contributed by atoms with Crippen LogP contribution < -0.4 is 0 Å². The van der Waals surface area contributed by atoms with Crippen LogP contribution in [0.25, 0.3) is 0 Å². The predicted molar refractivity (Wildman–Crippen MR) is 63.0 cm³/mol. The molecule has 0 fully saturated rings. The van der Waals surface area contributed by atoms with Crippen molar-refractivity contribution in [3.8, 4) is 0 Å². The molecule has 0 aliphatic carbocycles. The molecule has 1 aromatic carbocycles. The van der Waals surface area contributed by atoms with Crippen molar-refractivity contribution in [3.63, 3.8) is 0 Å². The summed E-state index contributed by atoms with van der Waals surface area (Å²) in [6.45, 7) is 7.66. The first kappa shape index (κ1) is 9.45. The van der Waals surface area contributed by atoms with Gasteiger partial charge < -0.3 is 0 Å². The van der Waals surface area contributed by atoms with Crippen LogP contribution in [-0.2, 0) is 0 Å². The highest BCUT2D eigenvalue weighted by atomic mass is 14.7. The lowest BCUT2D eigenvalue weighted by Gasteiger charge is -2.15. The van der Waals surface area contributed by atoms with Gasteiger partial charge >= 0.3 is 0 Å². The maximum absolute atomic E-state index is 7.92. The van der Waals surface area contributed by atoms with Crippen LogP contribution in [0.2, 0.25) is 0 Å². The van der Waals surface area contributed by atoms with E-state index in [4.69, 9.17) is 1.37 Å². The number of hydrogen-bond donors (Lipinski definition) is 0. The third-order valence-electron chi connectivity index (χ3n) is 1.84. The molecule has 0 saturated heterocycles. The van der Waals surface area contributed by atoms with Crippen molar-refractivity contribution >= 4 is 5.71 Å². The fraction of sp³-hybridized carbons (Fsp3) is 0.462. The minimum atomic E-state index is -0.405. The molecule has 0 N–H and O–H groups in total. The summed E-state index contributed by atoms with van der Waals surface area (Å²) in [6, 6.07) is 10.0. The Balaban J connectivity index is 2.86. The molecule has 1 aromatic rings. The highest BCUT2D eigenvalue weighted by Crippen LogP contribution is 2.13. The summed E-state index contributed by atoms with van der Waals surface area (Å²) >= 11 is 0. The standard InChI is InChI=1S/C13H19N/c1-11(14-10-13(2,3)4)12-8-6-5-7-9-12/h5-9H,10H2,1-4H3/i10D/t10-/m0/s1. The van der Waals surface area contributed by atoms with Gasteiger partial charge in [-0.05, 0) is 17.9 Å². The quantitative estimate of drug-likeness (QED) is 0.632. The highest BCUT2D eigenvalue weighted by Gasteiger charge is 2.08. The Morgan fingerprint density at radius 3 is 2.36 bits per heavy atom. The van der Waals surface area contributed by atoms with Gasteiger partial charge in [0.1, 0.15) is 0 Å². The second kappa shape index (κ2) is 4.41. The number of hydrogen-bond acceptors (Lipinski definition) is 1. The van der Waals surface area contributed by atoms with Crippen molar-refractivity contribution < 1.29 is 1.37 Å². The van der Waals surface area contributed by atoms with Crippen LogP contribution >= 0.6 is 0 Å². The van der Waals surface area contributed by atoms with Gasteiger partial charge in [-0.2, -0.15) is 0 Å². The Hall–Kier alpha value is -1.11. The van der Waals surface area contributed by atoms with E-state index in [-0.39, 0.29) is 5.41 Å². The van der Waals surface area contributed by atoms with Gasteiger partial charge in [0.25, 0.3) is 0 Å². The molecule has 0 unspecified atom stereocenters. The van der Waals surface area contributed by atoms with Gasteiger partial charge in [-0.15, -0.1) is 0 Å². The summed E-state index contributed by atoms with van der Waals surface area (Å²) < 4.78 is 7.92. The summed E-state index contributed by atoms with van der Waals surface area (Å²) in [5.74, 6) is 0. The normalized spacial score (nSPS) is 16.3. The molecule has 1 nitrogen and oxygen atoms in total. The molecule has 76 valence electrons. The van der Waals surface area contributed by atoms with Crippen molar-refractivity contribution in [2.24, 2.45) is 10.4 Å². The average Bonchev–Trinajstić information content (AvgIpc) is 2.17. The van der Waals surface area contributed by atoms with Crippen molar-refractivity contribution in [1.29, 1.82) is 0 Å². The summed E-state index contributed by atoms with van der Waals surface area (Å²) in [6.07, 6.45) is 0. The number of rotatable bonds is 2. The Morgan fingerprint density at radius 1 is 1.29 bits per heavy atom. The summed E-state index contributed by atoms with van der Waals surface area (Å²) in [5, 5.41) is 0. The molecule has 1 heteroatoms. The SMILES string of the molecule is [2H][C@H](N=C(C)c1ccccc1)C(C)(C)C. The molecule has 0 radical (unpaired) electrons. The zero-order valence-electron chi connectivity index (χ0n) is 10.4. The number of aliphatic imine (C=N–C) groups is 1. The van der Waals surface area contributed by atoms with Gasteiger partial charge in [0.2, 0.25) is 0 Å². The predicted octanol–water partition coefficient (Wildman–Crippen LogP) is 3.54. The third-order valence-corrected chi connectivity index (χ3v) is 1.84. The van der Waals surface area contributed by atoms with Crippen molar-refractivity contribution in [3.05, 3.63) is 35.9 Å². The lowest BCUT2D eigenvalue weighted by molar-refractivity contribution is 0.429. The van der Waals surface area contributed by atoms with E-state index in [1.54, 1.807) is 0 Å². The van der Waals surface area contributed by atoms with Crippen molar-refractivity contribution in [1.82, 2.24) is 0 Å². The average molecular weight is 190 g/mol. The van der Waals surface area contributed by atoms with Gasteiger partial charge in [-0.1, -0.05) is 51.1 Å². The summed E-state index contributed by atoms with van der Waals surface area (Å²) in [5.41, 5.74) is 1.93. The lowest BCUT2D eigenvalue weighted by atomic mass is 9.97. The molecule has 1 atom stereocenters. The van der Waals surface area contributed by atoms with E-state index in [2.05, 4.69) is 4.99 Å². The minimum absolute atomic E-state index is 0.101. The zero-order valence-corrected chi connectivity index (χ0v) is 9.41. The third kappa shape index (κ3) is 3.73. The Labute approximate surface area is 88.3 Å². The van der Waals surface area contributed by atoms with Crippen LogP contribution in [0.4, 0.5) is 0 Å². The lowest BCUT2D eigenvalue weighted by Crippen LogP contribution is -2.11. The Morgan fingerprint density at radius 2 is 1.86 bits per heavy atom. The first-order valence-corrected chi connectivity index (χ1v) is 4.93. The molecule has 0 spiro atoms. The first-order valence-electron chi connectivity index (χ1n) is 5.51. The molecule has 0 amide bonds. The van der Waals surface area contributed by atoms with Crippen LogP contribution in [0.3, 0.4) is 0 Å². The zero-order chi connectivity index (χ0) is 11.5. The topological polar surface area (TPSA) is 12.4 Å². The van der Waals surface area contributed by atoms with E-state index in [1.807, 2.05) is 58.0 Å². The fourth-order valence-electron chi connectivity index (χ4n) is 1.04. The maximum Gasteiger partial charge on any atom is 0.0520 e. The van der Waals surface area contributed by atoms with Gasteiger partial charge in [0.05, 0.1) is 1.37 Å². The minimum Gasteiger partial charge on any atom is -0.289 e. The van der Waals surface area contributed by atoms with Crippen LogP contribution in [-0.4, -0.2) is 12.2 Å². The van der Waals surface area contributed by atoms with E-state index in [0.29, 0.717) is 0 Å². The molecular formula is C13H19N. The Bertz CT molecular complexity index is 335. The van der Waals surface area contributed by atoms with Crippen molar-refractivity contribution in [2.45, 2.75) is 27.7 Å². The Kier molecular flexibility index (Phi) is 2.97. The van der Waals surface area contributed by atoms with Crippen molar-refractivity contribution in [2.75, 3.05) is 6.52 Å². The molecule has 14 heavy (non-hydrogen) atoms. The van der Waals surface area contributed by atoms with Gasteiger partial charge in [0.15, 0.2) is 0 Å². The van der Waals surface area contributed by atoms with Crippen LogP contribution in [0, 0.1) is 5.41 Å². The van der Waals surface area contributed by atoms with E-state index in [0.717, 1.165) is 11.3 Å². The van der Waals surface area contributed by atoms with E-state index >= 15 is 0 Å². The second-order valence-corrected chi connectivity index (χ2v) is 4.58. The first-order chi connectivity index (χ1) is 6.91. The second-order valence-electron chi connectivity index (χ2n) is 4.58. The summed E-state index contributed by atoms with van der Waals surface area (Å²) in [4.78, 5) is 4.40. The molecule has 0 aliphatic rings. The van der Waals surface area contributed by atoms with Crippen LogP contribution in [0.15, 0.2) is 35.3 Å². The largest absolute Gasteiger partial charge is 0.289 e. The maximum atomic E-state index is 7.92. The number of benzene rings is 1. The van der Waals surface area contributed by atoms with E-state index in [1.165, 1.54) is 0 Å². The van der Waals surface area contributed by atoms with Gasteiger partial charge in [0, 0.05) is 12.2 Å².